The number of morpholine rings is 1. The van der Waals surface area contributed by atoms with Crippen LogP contribution in [0.5, 0.6) is 0 Å². The molecule has 1 fully saturated rings. The lowest BCUT2D eigenvalue weighted by Gasteiger charge is -2.40. The van der Waals surface area contributed by atoms with Gasteiger partial charge in [-0.1, -0.05) is 34.1 Å². The summed E-state index contributed by atoms with van der Waals surface area (Å²) in [5, 5.41) is 5.98. The maximum atomic E-state index is 12.2. The van der Waals surface area contributed by atoms with Crippen LogP contribution in [0.2, 0.25) is 0 Å². The molecule has 1 saturated heterocycles. The van der Waals surface area contributed by atoms with Crippen molar-refractivity contribution in [3.8, 4) is 0 Å². The van der Waals surface area contributed by atoms with E-state index < -0.39 is 0 Å². The Morgan fingerprint density at radius 3 is 2.65 bits per heavy atom. The van der Waals surface area contributed by atoms with E-state index in [0.29, 0.717) is 6.54 Å². The second-order valence-electron chi connectivity index (χ2n) is 6.48. The summed E-state index contributed by atoms with van der Waals surface area (Å²) in [7, 11) is 0. The van der Waals surface area contributed by atoms with Gasteiger partial charge in [0, 0.05) is 29.6 Å². The number of carbonyl (C=O) groups is 1. The minimum atomic E-state index is -0.144. The van der Waals surface area contributed by atoms with E-state index in [0.717, 1.165) is 36.3 Å². The summed E-state index contributed by atoms with van der Waals surface area (Å²) in [6, 6.07) is 7.72. The smallest absolute Gasteiger partial charge is 0.315 e. The Morgan fingerprint density at radius 1 is 1.35 bits per heavy atom. The van der Waals surface area contributed by atoms with E-state index in [-0.39, 0.29) is 17.6 Å². The van der Waals surface area contributed by atoms with Gasteiger partial charge in [-0.3, -0.25) is 4.90 Å². The zero-order valence-electron chi connectivity index (χ0n) is 14.1. The zero-order valence-corrected chi connectivity index (χ0v) is 15.6. The first-order valence-corrected chi connectivity index (χ1v) is 8.81. The van der Waals surface area contributed by atoms with Gasteiger partial charge in [-0.05, 0) is 32.4 Å². The van der Waals surface area contributed by atoms with Crippen molar-refractivity contribution < 1.29 is 9.53 Å². The molecule has 6 heteroatoms. The summed E-state index contributed by atoms with van der Waals surface area (Å²) >= 11 is 3.52. The number of ether oxygens (including phenoxy) is 1. The third-order valence-electron chi connectivity index (χ3n) is 4.27. The molecule has 1 heterocycles. The van der Waals surface area contributed by atoms with Crippen LogP contribution in [0.1, 0.15) is 32.4 Å². The van der Waals surface area contributed by atoms with Crippen molar-refractivity contribution in [1.29, 1.82) is 0 Å². The fourth-order valence-corrected chi connectivity index (χ4v) is 3.36. The molecule has 23 heavy (non-hydrogen) atoms. The quantitative estimate of drug-likeness (QED) is 0.821. The topological polar surface area (TPSA) is 53.6 Å². The Bertz CT molecular complexity index is 530. The van der Waals surface area contributed by atoms with Crippen LogP contribution in [0.3, 0.4) is 0 Å². The first-order chi connectivity index (χ1) is 10.9. The van der Waals surface area contributed by atoms with E-state index in [9.17, 15) is 4.79 Å². The highest BCUT2D eigenvalue weighted by atomic mass is 79.9. The minimum absolute atomic E-state index is 0.0583. The molecule has 2 rings (SSSR count). The van der Waals surface area contributed by atoms with Crippen LogP contribution < -0.4 is 10.6 Å². The van der Waals surface area contributed by atoms with Gasteiger partial charge in [-0.25, -0.2) is 4.79 Å². The van der Waals surface area contributed by atoms with Crippen molar-refractivity contribution in [3.05, 3.63) is 34.3 Å². The van der Waals surface area contributed by atoms with Gasteiger partial charge < -0.3 is 15.4 Å². The SMILES string of the molecule is CC(NC(=O)NCC(C)(C)N1CCOCC1)c1ccccc1Br. The Kier molecular flexibility index (Phi) is 6.44. The Morgan fingerprint density at radius 2 is 2.00 bits per heavy atom. The highest BCUT2D eigenvalue weighted by Crippen LogP contribution is 2.22. The molecule has 2 amide bonds. The molecule has 128 valence electrons. The van der Waals surface area contributed by atoms with E-state index in [1.807, 2.05) is 31.2 Å². The molecular formula is C17H26BrN3O2. The molecular weight excluding hydrogens is 358 g/mol. The molecule has 1 aromatic rings. The van der Waals surface area contributed by atoms with Gasteiger partial charge in [-0.15, -0.1) is 0 Å². The third kappa shape index (κ3) is 5.19. The lowest BCUT2D eigenvalue weighted by Crippen LogP contribution is -2.56. The van der Waals surface area contributed by atoms with Crippen molar-refractivity contribution in [2.75, 3.05) is 32.8 Å². The molecule has 0 aromatic heterocycles. The maximum Gasteiger partial charge on any atom is 0.315 e. The fourth-order valence-electron chi connectivity index (χ4n) is 2.73. The summed E-state index contributed by atoms with van der Waals surface area (Å²) in [6.07, 6.45) is 0. The predicted molar refractivity (Wildman–Crippen MR) is 95.6 cm³/mol. The van der Waals surface area contributed by atoms with Gasteiger partial charge >= 0.3 is 6.03 Å². The summed E-state index contributed by atoms with van der Waals surface area (Å²) in [4.78, 5) is 14.5. The number of nitrogens with zero attached hydrogens (tertiary/aromatic N) is 1. The third-order valence-corrected chi connectivity index (χ3v) is 4.99. The highest BCUT2D eigenvalue weighted by molar-refractivity contribution is 9.10. The largest absolute Gasteiger partial charge is 0.379 e. The maximum absolute atomic E-state index is 12.2. The van der Waals surface area contributed by atoms with Crippen LogP contribution in [0.25, 0.3) is 0 Å². The molecule has 5 nitrogen and oxygen atoms in total. The number of nitrogens with one attached hydrogen (secondary N) is 2. The van der Waals surface area contributed by atoms with E-state index in [1.165, 1.54) is 0 Å². The Labute approximate surface area is 146 Å². The zero-order chi connectivity index (χ0) is 16.9. The molecule has 0 bridgehead atoms. The van der Waals surface area contributed by atoms with Gasteiger partial charge in [0.2, 0.25) is 0 Å². The number of halogens is 1. The second kappa shape index (κ2) is 8.13. The number of amides is 2. The average Bonchev–Trinajstić information content (AvgIpc) is 2.54. The summed E-state index contributed by atoms with van der Waals surface area (Å²) in [5.41, 5.74) is 0.979. The molecule has 0 radical (unpaired) electrons. The normalized spacial score (nSPS) is 17.6. The molecule has 1 aliphatic rings. The average molecular weight is 384 g/mol. The molecule has 1 aromatic carbocycles. The van der Waals surface area contributed by atoms with E-state index in [2.05, 4.69) is 45.3 Å². The molecule has 0 spiro atoms. The molecule has 1 atom stereocenters. The monoisotopic (exact) mass is 383 g/mol. The summed E-state index contributed by atoms with van der Waals surface area (Å²) in [6.45, 7) is 10.2. The number of hydrogen-bond acceptors (Lipinski definition) is 3. The lowest BCUT2D eigenvalue weighted by molar-refractivity contribution is -0.00876. The first-order valence-electron chi connectivity index (χ1n) is 8.02. The van der Waals surface area contributed by atoms with Crippen molar-refractivity contribution in [1.82, 2.24) is 15.5 Å². The summed E-state index contributed by atoms with van der Waals surface area (Å²) in [5.74, 6) is 0. The minimum Gasteiger partial charge on any atom is -0.379 e. The van der Waals surface area contributed by atoms with Crippen molar-refractivity contribution in [3.63, 3.8) is 0 Å². The van der Waals surface area contributed by atoms with Gasteiger partial charge in [0.05, 0.1) is 19.3 Å². The van der Waals surface area contributed by atoms with E-state index >= 15 is 0 Å². The van der Waals surface area contributed by atoms with Crippen molar-refractivity contribution in [2.24, 2.45) is 0 Å². The van der Waals surface area contributed by atoms with Gasteiger partial charge in [0.25, 0.3) is 0 Å². The fraction of sp³-hybridized carbons (Fsp3) is 0.588. The number of carbonyl (C=O) groups excluding carboxylic acids is 1. The molecule has 0 saturated carbocycles. The van der Waals surface area contributed by atoms with Gasteiger partial charge in [-0.2, -0.15) is 0 Å². The molecule has 0 aliphatic carbocycles. The Balaban J connectivity index is 1.83. The number of hydrogen-bond donors (Lipinski definition) is 2. The lowest BCUT2D eigenvalue weighted by atomic mass is 10.0. The predicted octanol–water partition coefficient (Wildman–Crippen LogP) is 2.92. The van der Waals surface area contributed by atoms with Crippen LogP contribution in [0.4, 0.5) is 4.79 Å². The van der Waals surface area contributed by atoms with Crippen LogP contribution in [0.15, 0.2) is 28.7 Å². The molecule has 1 unspecified atom stereocenters. The number of benzene rings is 1. The van der Waals surface area contributed by atoms with Crippen LogP contribution in [-0.2, 0) is 4.74 Å². The van der Waals surface area contributed by atoms with Gasteiger partial charge in [0.15, 0.2) is 0 Å². The van der Waals surface area contributed by atoms with Crippen LogP contribution >= 0.6 is 15.9 Å². The standard InChI is InChI=1S/C17H26BrN3O2/c1-13(14-6-4-5-7-15(14)18)20-16(22)19-12-17(2,3)21-8-10-23-11-9-21/h4-7,13H,8-12H2,1-3H3,(H2,19,20,22). The number of urea groups is 1. The molecule has 2 N–H and O–H groups in total. The van der Waals surface area contributed by atoms with E-state index in [4.69, 9.17) is 4.74 Å². The summed E-state index contributed by atoms with van der Waals surface area (Å²) < 4.78 is 6.39. The highest BCUT2D eigenvalue weighted by Gasteiger charge is 2.28. The van der Waals surface area contributed by atoms with Crippen LogP contribution in [-0.4, -0.2) is 49.3 Å². The van der Waals surface area contributed by atoms with Crippen molar-refractivity contribution >= 4 is 22.0 Å². The first kappa shape index (κ1) is 18.2. The number of rotatable bonds is 5. The van der Waals surface area contributed by atoms with E-state index in [1.54, 1.807) is 0 Å². The van der Waals surface area contributed by atoms with Gasteiger partial charge in [0.1, 0.15) is 0 Å². The Hall–Kier alpha value is -1.11. The van der Waals surface area contributed by atoms with Crippen LogP contribution in [0, 0.1) is 0 Å². The second-order valence-corrected chi connectivity index (χ2v) is 7.34. The van der Waals surface area contributed by atoms with Crippen molar-refractivity contribution in [2.45, 2.75) is 32.4 Å². The molecule has 1 aliphatic heterocycles.